The number of para-hydroxylation sites is 2. The zero-order chi connectivity index (χ0) is 18.7. The van der Waals surface area contributed by atoms with Crippen LogP contribution in [0.3, 0.4) is 0 Å². The summed E-state index contributed by atoms with van der Waals surface area (Å²) in [6, 6.07) is 12.3. The van der Waals surface area contributed by atoms with E-state index in [1.165, 1.54) is 25.3 Å². The lowest BCUT2D eigenvalue weighted by Gasteiger charge is -2.12. The second-order valence-electron chi connectivity index (χ2n) is 5.18. The number of nitrogens with one attached hydrogen (secondary N) is 1. The first-order valence-electron chi connectivity index (χ1n) is 7.41. The molecular formula is C18H12ClF2N3O2. The molecule has 0 aliphatic rings. The molecule has 0 atom stereocenters. The number of rotatable bonds is 5. The molecule has 132 valence electrons. The minimum absolute atomic E-state index is 0.0333. The number of fused-ring (bicyclic) bond motifs is 1. The molecule has 3 rings (SSSR count). The molecule has 1 aromatic heterocycles. The Morgan fingerprint density at radius 3 is 2.77 bits per heavy atom. The molecule has 0 aliphatic heterocycles. The van der Waals surface area contributed by atoms with E-state index in [1.54, 1.807) is 0 Å². The molecule has 8 heteroatoms. The minimum atomic E-state index is -3.03. The van der Waals surface area contributed by atoms with Crippen molar-refractivity contribution in [3.63, 3.8) is 0 Å². The van der Waals surface area contributed by atoms with Crippen molar-refractivity contribution < 1.29 is 18.3 Å². The van der Waals surface area contributed by atoms with E-state index in [-0.39, 0.29) is 22.1 Å². The molecule has 0 bridgehead atoms. The second kappa shape index (κ2) is 7.42. The molecule has 0 fully saturated rings. The number of halogens is 3. The number of aromatic amines is 1. The van der Waals surface area contributed by atoms with Gasteiger partial charge in [0.2, 0.25) is 0 Å². The summed E-state index contributed by atoms with van der Waals surface area (Å²) in [5, 5.41) is 9.41. The van der Waals surface area contributed by atoms with Crippen LogP contribution in [0, 0.1) is 11.3 Å². The van der Waals surface area contributed by atoms with Gasteiger partial charge in [-0.2, -0.15) is 14.0 Å². The first kappa shape index (κ1) is 17.7. The lowest BCUT2D eigenvalue weighted by molar-refractivity contribution is -0.0511. The number of H-pyrrole nitrogens is 1. The standard InChI is InChI=1S/C18H12ClF2N3O2/c1-25-15-8-10(7-12(19)16(15)26-18(20)21)6-11(9-22)17-23-13-4-2-3-5-14(13)24-17/h2-8,18H,1H3,(H,23,24). The average molecular weight is 376 g/mol. The number of hydrogen-bond acceptors (Lipinski definition) is 4. The number of alkyl halides is 2. The highest BCUT2D eigenvalue weighted by molar-refractivity contribution is 6.32. The topological polar surface area (TPSA) is 70.9 Å². The van der Waals surface area contributed by atoms with E-state index in [1.807, 2.05) is 24.3 Å². The summed E-state index contributed by atoms with van der Waals surface area (Å²) >= 11 is 6.02. The van der Waals surface area contributed by atoms with Crippen molar-refractivity contribution in [2.75, 3.05) is 7.11 Å². The highest BCUT2D eigenvalue weighted by Gasteiger charge is 2.16. The molecule has 0 unspecified atom stereocenters. The maximum atomic E-state index is 12.5. The second-order valence-corrected chi connectivity index (χ2v) is 5.59. The number of imidazole rings is 1. The number of nitrogens with zero attached hydrogens (tertiary/aromatic N) is 2. The van der Waals surface area contributed by atoms with E-state index in [0.717, 1.165) is 11.0 Å². The Bertz CT molecular complexity index is 992. The fourth-order valence-electron chi connectivity index (χ4n) is 2.43. The fraction of sp³-hybridized carbons (Fsp3) is 0.111. The van der Waals surface area contributed by atoms with Gasteiger partial charge in [-0.1, -0.05) is 23.7 Å². The van der Waals surface area contributed by atoms with Crippen LogP contribution in [0.1, 0.15) is 11.4 Å². The molecule has 0 amide bonds. The maximum Gasteiger partial charge on any atom is 0.387 e. The van der Waals surface area contributed by atoms with E-state index < -0.39 is 6.61 Å². The van der Waals surface area contributed by atoms with Gasteiger partial charge >= 0.3 is 6.61 Å². The van der Waals surface area contributed by atoms with Gasteiger partial charge in [0.15, 0.2) is 11.5 Å². The van der Waals surface area contributed by atoms with Crippen LogP contribution in [-0.2, 0) is 0 Å². The van der Waals surface area contributed by atoms with Crippen LogP contribution in [0.5, 0.6) is 11.5 Å². The largest absolute Gasteiger partial charge is 0.493 e. The van der Waals surface area contributed by atoms with Crippen LogP contribution < -0.4 is 9.47 Å². The van der Waals surface area contributed by atoms with Crippen LogP contribution in [0.25, 0.3) is 22.7 Å². The molecule has 3 aromatic rings. The van der Waals surface area contributed by atoms with Gasteiger partial charge in [-0.25, -0.2) is 4.98 Å². The van der Waals surface area contributed by atoms with Crippen LogP contribution in [0.2, 0.25) is 5.02 Å². The molecule has 0 radical (unpaired) electrons. The molecule has 26 heavy (non-hydrogen) atoms. The van der Waals surface area contributed by atoms with Gasteiger partial charge in [0.25, 0.3) is 0 Å². The number of benzene rings is 2. The van der Waals surface area contributed by atoms with Crippen LogP contribution in [-0.4, -0.2) is 23.7 Å². The Hall–Kier alpha value is -3.11. The Morgan fingerprint density at radius 1 is 1.35 bits per heavy atom. The molecule has 0 saturated heterocycles. The number of methoxy groups -OCH3 is 1. The third-order valence-electron chi connectivity index (χ3n) is 3.53. The van der Waals surface area contributed by atoms with Gasteiger partial charge in [-0.3, -0.25) is 0 Å². The molecule has 0 spiro atoms. The van der Waals surface area contributed by atoms with Crippen molar-refractivity contribution in [1.82, 2.24) is 9.97 Å². The highest BCUT2D eigenvalue weighted by Crippen LogP contribution is 2.38. The van der Waals surface area contributed by atoms with Gasteiger partial charge < -0.3 is 14.5 Å². The summed E-state index contributed by atoms with van der Waals surface area (Å²) < 4.78 is 34.4. The van der Waals surface area contributed by atoms with Crippen molar-refractivity contribution in [1.29, 1.82) is 5.26 Å². The van der Waals surface area contributed by atoms with Gasteiger partial charge in [-0.15, -0.1) is 0 Å². The zero-order valence-electron chi connectivity index (χ0n) is 13.5. The normalized spacial score (nSPS) is 11.6. The Kier molecular flexibility index (Phi) is 5.05. The van der Waals surface area contributed by atoms with Crippen molar-refractivity contribution >= 4 is 34.3 Å². The number of aromatic nitrogens is 2. The lowest BCUT2D eigenvalue weighted by atomic mass is 10.1. The average Bonchev–Trinajstić information content (AvgIpc) is 3.05. The molecule has 1 heterocycles. The van der Waals surface area contributed by atoms with Gasteiger partial charge in [0, 0.05) is 0 Å². The predicted octanol–water partition coefficient (Wildman–Crippen LogP) is 4.89. The number of allylic oxidation sites excluding steroid dienone is 1. The van der Waals surface area contributed by atoms with E-state index in [4.69, 9.17) is 16.3 Å². The van der Waals surface area contributed by atoms with Crippen molar-refractivity contribution in [3.05, 3.63) is 52.8 Å². The highest BCUT2D eigenvalue weighted by atomic mass is 35.5. The summed E-state index contributed by atoms with van der Waals surface area (Å²) in [5.41, 5.74) is 2.24. The molecular weight excluding hydrogens is 364 g/mol. The Balaban J connectivity index is 2.04. The monoisotopic (exact) mass is 375 g/mol. The van der Waals surface area contributed by atoms with Gasteiger partial charge in [-0.05, 0) is 35.9 Å². The fourth-order valence-corrected chi connectivity index (χ4v) is 2.69. The summed E-state index contributed by atoms with van der Waals surface area (Å²) in [5.74, 6) is 0.159. The van der Waals surface area contributed by atoms with Crippen molar-refractivity contribution in [3.8, 4) is 17.6 Å². The first-order valence-corrected chi connectivity index (χ1v) is 7.79. The summed E-state index contributed by atoms with van der Waals surface area (Å²) in [4.78, 5) is 7.43. The summed E-state index contributed by atoms with van der Waals surface area (Å²) in [6.07, 6.45) is 1.53. The third-order valence-corrected chi connectivity index (χ3v) is 3.82. The van der Waals surface area contributed by atoms with E-state index in [9.17, 15) is 14.0 Å². The minimum Gasteiger partial charge on any atom is -0.493 e. The number of ether oxygens (including phenoxy) is 2. The molecule has 0 aliphatic carbocycles. The van der Waals surface area contributed by atoms with Crippen LogP contribution in [0.4, 0.5) is 8.78 Å². The SMILES string of the molecule is COc1cc(C=C(C#N)c2nc3ccccc3[nH]2)cc(Cl)c1OC(F)F. The summed E-state index contributed by atoms with van der Waals surface area (Å²) in [7, 11) is 1.31. The smallest absolute Gasteiger partial charge is 0.387 e. The maximum absolute atomic E-state index is 12.5. The van der Waals surface area contributed by atoms with E-state index >= 15 is 0 Å². The molecule has 2 aromatic carbocycles. The first-order chi connectivity index (χ1) is 12.5. The van der Waals surface area contributed by atoms with Crippen molar-refractivity contribution in [2.45, 2.75) is 6.61 Å². The van der Waals surface area contributed by atoms with Crippen LogP contribution >= 0.6 is 11.6 Å². The van der Waals surface area contributed by atoms with Gasteiger partial charge in [0.05, 0.1) is 28.7 Å². The molecule has 1 N–H and O–H groups in total. The van der Waals surface area contributed by atoms with E-state index in [0.29, 0.717) is 11.4 Å². The van der Waals surface area contributed by atoms with E-state index in [2.05, 4.69) is 20.8 Å². The number of nitriles is 1. The third kappa shape index (κ3) is 3.60. The Labute approximate surface area is 152 Å². The molecule has 5 nitrogen and oxygen atoms in total. The van der Waals surface area contributed by atoms with Crippen molar-refractivity contribution in [2.24, 2.45) is 0 Å². The predicted molar refractivity (Wildman–Crippen MR) is 94.2 cm³/mol. The molecule has 0 saturated carbocycles. The van der Waals surface area contributed by atoms with Crippen LogP contribution in [0.15, 0.2) is 36.4 Å². The zero-order valence-corrected chi connectivity index (χ0v) is 14.2. The Morgan fingerprint density at radius 2 is 2.12 bits per heavy atom. The summed E-state index contributed by atoms with van der Waals surface area (Å²) in [6.45, 7) is -3.03. The number of hydrogen-bond donors (Lipinski definition) is 1. The quantitative estimate of drug-likeness (QED) is 0.644. The lowest BCUT2D eigenvalue weighted by Crippen LogP contribution is -2.04. The van der Waals surface area contributed by atoms with Gasteiger partial charge in [0.1, 0.15) is 11.9 Å².